The summed E-state index contributed by atoms with van der Waals surface area (Å²) in [6, 6.07) is 8.51. The van der Waals surface area contributed by atoms with Crippen LogP contribution < -0.4 is 4.74 Å². The van der Waals surface area contributed by atoms with Gasteiger partial charge >= 0.3 is 0 Å². The Balaban J connectivity index is 1.87. The number of likely N-dealkylation sites (tertiary alicyclic amines) is 1. The molecule has 3 nitrogen and oxygen atoms in total. The lowest BCUT2D eigenvalue weighted by atomic mass is 10.0. The smallest absolute Gasteiger partial charge is 0.134 e. The minimum Gasteiger partial charge on any atom is -0.492 e. The molecule has 1 aliphatic heterocycles. The summed E-state index contributed by atoms with van der Waals surface area (Å²) in [5.41, 5.74) is 0.906. The summed E-state index contributed by atoms with van der Waals surface area (Å²) in [4.78, 5) is 2.44. The SMILES string of the molecule is CN1CCCCC1CCOc1ccccc1C#CCCO. The average Bonchev–Trinajstić information content (AvgIpc) is 2.51. The third-order valence-corrected chi connectivity index (χ3v) is 3.98. The highest BCUT2D eigenvalue weighted by Gasteiger charge is 2.18. The van der Waals surface area contributed by atoms with Crippen molar-refractivity contribution < 1.29 is 9.84 Å². The van der Waals surface area contributed by atoms with Crippen LogP contribution in [0.25, 0.3) is 0 Å². The Morgan fingerprint density at radius 1 is 1.33 bits per heavy atom. The van der Waals surface area contributed by atoms with Gasteiger partial charge in [-0.3, -0.25) is 0 Å². The lowest BCUT2D eigenvalue weighted by Crippen LogP contribution is -2.37. The van der Waals surface area contributed by atoms with Crippen molar-refractivity contribution in [2.45, 2.75) is 38.1 Å². The summed E-state index contributed by atoms with van der Waals surface area (Å²) in [5, 5.41) is 8.79. The van der Waals surface area contributed by atoms with E-state index >= 15 is 0 Å². The Kier molecular flexibility index (Phi) is 6.59. The van der Waals surface area contributed by atoms with E-state index < -0.39 is 0 Å². The largest absolute Gasteiger partial charge is 0.492 e. The van der Waals surface area contributed by atoms with Gasteiger partial charge in [0.1, 0.15) is 5.75 Å². The number of piperidine rings is 1. The molecule has 0 spiro atoms. The average molecular weight is 287 g/mol. The summed E-state index contributed by atoms with van der Waals surface area (Å²) in [7, 11) is 2.21. The van der Waals surface area contributed by atoms with Gasteiger partial charge < -0.3 is 14.7 Å². The van der Waals surface area contributed by atoms with Gasteiger partial charge in [0, 0.05) is 12.5 Å². The maximum Gasteiger partial charge on any atom is 0.134 e. The first kappa shape index (κ1) is 15.9. The van der Waals surface area contributed by atoms with Crippen molar-refractivity contribution in [1.29, 1.82) is 0 Å². The molecule has 1 saturated heterocycles. The highest BCUT2D eigenvalue weighted by atomic mass is 16.5. The van der Waals surface area contributed by atoms with Crippen LogP contribution in [0.1, 0.15) is 37.7 Å². The minimum atomic E-state index is 0.101. The van der Waals surface area contributed by atoms with Gasteiger partial charge in [-0.25, -0.2) is 0 Å². The monoisotopic (exact) mass is 287 g/mol. The maximum absolute atomic E-state index is 8.79. The summed E-state index contributed by atoms with van der Waals surface area (Å²) < 4.78 is 5.93. The van der Waals surface area contributed by atoms with Gasteiger partial charge in [0.15, 0.2) is 0 Å². The molecule has 1 atom stereocenters. The molecule has 0 bridgehead atoms. The number of nitrogens with zero attached hydrogens (tertiary/aromatic N) is 1. The Morgan fingerprint density at radius 3 is 3.00 bits per heavy atom. The molecule has 3 heteroatoms. The van der Waals surface area contributed by atoms with Crippen molar-refractivity contribution in [3.05, 3.63) is 29.8 Å². The van der Waals surface area contributed by atoms with E-state index in [1.165, 1.54) is 25.8 Å². The van der Waals surface area contributed by atoms with Crippen molar-refractivity contribution in [3.63, 3.8) is 0 Å². The second-order valence-electron chi connectivity index (χ2n) is 5.54. The van der Waals surface area contributed by atoms with Crippen molar-refractivity contribution in [2.75, 3.05) is 26.8 Å². The zero-order valence-electron chi connectivity index (χ0n) is 12.8. The predicted molar refractivity (Wildman–Crippen MR) is 85.4 cm³/mol. The maximum atomic E-state index is 8.79. The molecule has 114 valence electrons. The number of aliphatic hydroxyl groups is 1. The Hall–Kier alpha value is -1.50. The molecule has 1 aromatic rings. The van der Waals surface area contributed by atoms with Gasteiger partial charge in [0.25, 0.3) is 0 Å². The van der Waals surface area contributed by atoms with Crippen LogP contribution in [0, 0.1) is 11.8 Å². The van der Waals surface area contributed by atoms with Crippen molar-refractivity contribution in [3.8, 4) is 17.6 Å². The standard InChI is InChI=1S/C18H25NO2/c1-19-13-6-4-10-17(19)12-15-21-18-11-3-2-8-16(18)9-5-7-14-20/h2-3,8,11,17,20H,4,6-7,10,12-15H2,1H3. The quantitative estimate of drug-likeness (QED) is 0.845. The van der Waals surface area contributed by atoms with E-state index in [-0.39, 0.29) is 6.61 Å². The van der Waals surface area contributed by atoms with E-state index in [2.05, 4.69) is 23.8 Å². The molecule has 1 N–H and O–H groups in total. The summed E-state index contributed by atoms with van der Waals surface area (Å²) >= 11 is 0. The zero-order chi connectivity index (χ0) is 14.9. The number of para-hydroxylation sites is 1. The van der Waals surface area contributed by atoms with Crippen LogP contribution in [0.4, 0.5) is 0 Å². The van der Waals surface area contributed by atoms with Crippen LogP contribution in [0.15, 0.2) is 24.3 Å². The van der Waals surface area contributed by atoms with Gasteiger partial charge in [0.2, 0.25) is 0 Å². The predicted octanol–water partition coefficient (Wildman–Crippen LogP) is 2.67. The molecule has 0 amide bonds. The van der Waals surface area contributed by atoms with Crippen LogP contribution >= 0.6 is 0 Å². The van der Waals surface area contributed by atoms with Crippen LogP contribution in [-0.2, 0) is 0 Å². The molecule has 1 aliphatic rings. The lowest BCUT2D eigenvalue weighted by molar-refractivity contribution is 0.153. The second-order valence-corrected chi connectivity index (χ2v) is 5.54. The van der Waals surface area contributed by atoms with E-state index in [0.717, 1.165) is 24.3 Å². The molecule has 1 aromatic carbocycles. The van der Waals surface area contributed by atoms with E-state index in [4.69, 9.17) is 9.84 Å². The number of hydrogen-bond donors (Lipinski definition) is 1. The minimum absolute atomic E-state index is 0.101. The molecular weight excluding hydrogens is 262 g/mol. The summed E-state index contributed by atoms with van der Waals surface area (Å²) in [6.45, 7) is 2.03. The zero-order valence-corrected chi connectivity index (χ0v) is 12.8. The number of benzene rings is 1. The van der Waals surface area contributed by atoms with Gasteiger partial charge in [-0.2, -0.15) is 0 Å². The normalized spacial score (nSPS) is 18.9. The number of rotatable bonds is 5. The van der Waals surface area contributed by atoms with Crippen LogP contribution in [0.3, 0.4) is 0 Å². The first-order chi connectivity index (χ1) is 10.3. The molecule has 21 heavy (non-hydrogen) atoms. The fraction of sp³-hybridized carbons (Fsp3) is 0.556. The molecular formula is C18H25NO2. The Morgan fingerprint density at radius 2 is 2.19 bits per heavy atom. The molecule has 0 radical (unpaired) electrons. The summed E-state index contributed by atoms with van der Waals surface area (Å²) in [5.74, 6) is 6.86. The van der Waals surface area contributed by atoms with E-state index in [0.29, 0.717) is 12.5 Å². The molecule has 1 unspecified atom stereocenters. The molecule has 0 saturated carbocycles. The highest BCUT2D eigenvalue weighted by Crippen LogP contribution is 2.20. The van der Waals surface area contributed by atoms with E-state index in [9.17, 15) is 0 Å². The van der Waals surface area contributed by atoms with Crippen molar-refractivity contribution in [1.82, 2.24) is 4.90 Å². The number of ether oxygens (including phenoxy) is 1. The first-order valence-electron chi connectivity index (χ1n) is 7.83. The van der Waals surface area contributed by atoms with Gasteiger partial charge in [-0.1, -0.05) is 30.4 Å². The van der Waals surface area contributed by atoms with Crippen LogP contribution in [0.2, 0.25) is 0 Å². The number of hydrogen-bond acceptors (Lipinski definition) is 3. The summed E-state index contributed by atoms with van der Waals surface area (Å²) in [6.07, 6.45) is 5.49. The molecule has 2 rings (SSSR count). The van der Waals surface area contributed by atoms with E-state index in [1.54, 1.807) is 0 Å². The van der Waals surface area contributed by atoms with Gasteiger partial charge in [-0.05, 0) is 45.0 Å². The van der Waals surface area contributed by atoms with Crippen molar-refractivity contribution in [2.24, 2.45) is 0 Å². The fourth-order valence-electron chi connectivity index (χ4n) is 2.72. The van der Waals surface area contributed by atoms with E-state index in [1.807, 2.05) is 24.3 Å². The van der Waals surface area contributed by atoms with Gasteiger partial charge in [-0.15, -0.1) is 0 Å². The first-order valence-corrected chi connectivity index (χ1v) is 7.83. The molecule has 0 aromatic heterocycles. The lowest BCUT2D eigenvalue weighted by Gasteiger charge is -2.32. The third-order valence-electron chi connectivity index (χ3n) is 3.98. The topological polar surface area (TPSA) is 32.7 Å². The van der Waals surface area contributed by atoms with Crippen LogP contribution in [0.5, 0.6) is 5.75 Å². The fourth-order valence-corrected chi connectivity index (χ4v) is 2.72. The van der Waals surface area contributed by atoms with Crippen LogP contribution in [-0.4, -0.2) is 42.9 Å². The Bertz CT molecular complexity index is 489. The number of aliphatic hydroxyl groups excluding tert-OH is 1. The third kappa shape index (κ3) is 5.08. The molecule has 1 fully saturated rings. The highest BCUT2D eigenvalue weighted by molar-refractivity contribution is 5.45. The van der Waals surface area contributed by atoms with Crippen molar-refractivity contribution >= 4 is 0 Å². The molecule has 1 heterocycles. The van der Waals surface area contributed by atoms with Gasteiger partial charge in [0.05, 0.1) is 18.8 Å². The Labute approximate surface area is 127 Å². The molecule has 0 aliphatic carbocycles. The second kappa shape index (κ2) is 8.71.